The first-order valence-corrected chi connectivity index (χ1v) is 20.9. The molecule has 318 valence electrons. The minimum Gasteiger partial charge on any atom is -0.465 e. The van der Waals surface area contributed by atoms with Gasteiger partial charge in [-0.15, -0.1) is 0 Å². The Morgan fingerprint density at radius 3 is 1.84 bits per heavy atom. The second-order valence-corrected chi connectivity index (χ2v) is 15.7. The highest BCUT2D eigenvalue weighted by molar-refractivity contribution is 5.95. The number of hydrogen-bond donors (Lipinski definition) is 7. The smallest absolute Gasteiger partial charge is 0.338 e. The molecule has 0 spiro atoms. The number of carbonyl (C=O) groups is 3. The van der Waals surface area contributed by atoms with Gasteiger partial charge in [-0.25, -0.2) is 4.79 Å². The van der Waals surface area contributed by atoms with Crippen LogP contribution in [-0.2, 0) is 23.9 Å². The molecule has 1 heterocycles. The van der Waals surface area contributed by atoms with Gasteiger partial charge < -0.3 is 25.4 Å². The fourth-order valence-electron chi connectivity index (χ4n) is 6.21. The van der Waals surface area contributed by atoms with Crippen molar-refractivity contribution in [2.45, 2.75) is 156 Å². The number of nitrogens with one attached hydrogen (secondary N) is 7. The van der Waals surface area contributed by atoms with E-state index in [1.807, 2.05) is 20.8 Å². The molecule has 56 heavy (non-hydrogen) atoms. The van der Waals surface area contributed by atoms with Crippen LogP contribution in [-0.4, -0.2) is 61.5 Å². The van der Waals surface area contributed by atoms with Gasteiger partial charge in [0.1, 0.15) is 18.9 Å². The third kappa shape index (κ3) is 21.6. The van der Waals surface area contributed by atoms with Crippen LogP contribution in [0.5, 0.6) is 0 Å². The summed E-state index contributed by atoms with van der Waals surface area (Å²) < 4.78 is 11.3. The zero-order valence-corrected chi connectivity index (χ0v) is 35.8. The monoisotopic (exact) mass is 784 g/mol. The highest BCUT2D eigenvalue weighted by Gasteiger charge is 2.31. The molecule has 1 saturated carbocycles. The lowest BCUT2D eigenvalue weighted by atomic mass is 9.86. The van der Waals surface area contributed by atoms with Crippen molar-refractivity contribution in [1.82, 2.24) is 37.2 Å². The van der Waals surface area contributed by atoms with Gasteiger partial charge in [0.15, 0.2) is 0 Å². The summed E-state index contributed by atoms with van der Waals surface area (Å²) in [5.74, 6) is 0.281. The van der Waals surface area contributed by atoms with Gasteiger partial charge in [0, 0.05) is 17.2 Å². The fourth-order valence-corrected chi connectivity index (χ4v) is 6.21. The molecule has 0 radical (unpaired) electrons. The van der Waals surface area contributed by atoms with Crippen molar-refractivity contribution in [2.24, 2.45) is 17.8 Å². The van der Waals surface area contributed by atoms with Gasteiger partial charge >= 0.3 is 11.9 Å². The fraction of sp³-hybridized carbons (Fsp3) is 0.659. The molecule has 2 fully saturated rings. The Morgan fingerprint density at radius 2 is 1.34 bits per heavy atom. The first-order valence-electron chi connectivity index (χ1n) is 20.9. The van der Waals surface area contributed by atoms with E-state index in [2.05, 4.69) is 91.2 Å². The minimum absolute atomic E-state index is 0.0182. The molecule has 2 aliphatic rings. The lowest BCUT2D eigenvalue weighted by molar-refractivity contribution is -0.151. The predicted molar refractivity (Wildman–Crippen MR) is 229 cm³/mol. The molecule has 5 atom stereocenters. The highest BCUT2D eigenvalue weighted by atomic mass is 16.5. The quantitative estimate of drug-likeness (QED) is 0.0312. The molecule has 0 aromatic heterocycles. The van der Waals surface area contributed by atoms with Crippen molar-refractivity contribution in [3.05, 3.63) is 74.2 Å². The Kier molecular flexibility index (Phi) is 25.7. The number of hydrogen-bond acceptors (Lipinski definition) is 11. The molecule has 5 unspecified atom stereocenters. The Balaban J connectivity index is 0.00000123. The molecule has 12 heteroatoms. The average molecular weight is 784 g/mol. The highest BCUT2D eigenvalue weighted by Crippen LogP contribution is 2.26. The van der Waals surface area contributed by atoms with Crippen LogP contribution in [0.3, 0.4) is 0 Å². The largest absolute Gasteiger partial charge is 0.465 e. The number of amides is 1. The normalized spacial score (nSPS) is 22.3. The Hall–Kier alpha value is -3.71. The van der Waals surface area contributed by atoms with Crippen molar-refractivity contribution >= 4 is 17.8 Å². The van der Waals surface area contributed by atoms with E-state index in [0.717, 1.165) is 64.2 Å². The van der Waals surface area contributed by atoms with E-state index in [1.165, 1.54) is 25.0 Å². The van der Waals surface area contributed by atoms with Gasteiger partial charge in [0.2, 0.25) is 0 Å². The summed E-state index contributed by atoms with van der Waals surface area (Å²) in [7, 11) is 0. The zero-order valence-electron chi connectivity index (χ0n) is 35.8. The summed E-state index contributed by atoms with van der Waals surface area (Å²) in [5.41, 5.74) is 0.611. The number of allylic oxidation sites excluding steroid dienone is 2. The number of ether oxygens (including phenoxy) is 2. The van der Waals surface area contributed by atoms with Crippen LogP contribution in [0.1, 0.15) is 126 Å². The third-order valence-corrected chi connectivity index (χ3v) is 9.86. The van der Waals surface area contributed by atoms with Crippen LogP contribution in [0.4, 0.5) is 0 Å². The topological polar surface area (TPSA) is 154 Å². The molecule has 1 saturated heterocycles. The average Bonchev–Trinajstić information content (AvgIpc) is 3.17. The van der Waals surface area contributed by atoms with Crippen molar-refractivity contribution in [3.63, 3.8) is 0 Å². The molecule has 1 amide bonds. The number of carbonyl (C=O) groups excluding carboxylic acids is 3. The van der Waals surface area contributed by atoms with E-state index in [9.17, 15) is 14.4 Å². The van der Waals surface area contributed by atoms with E-state index in [-0.39, 0.29) is 54.2 Å². The summed E-state index contributed by atoms with van der Waals surface area (Å²) >= 11 is 0. The first-order chi connectivity index (χ1) is 26.7. The molecule has 1 aliphatic heterocycles. The van der Waals surface area contributed by atoms with Crippen molar-refractivity contribution in [2.75, 3.05) is 13.2 Å². The van der Waals surface area contributed by atoms with Gasteiger partial charge in [0.05, 0.1) is 24.7 Å². The minimum atomic E-state index is -0.359. The Bertz CT molecular complexity index is 1270. The molecular weight excluding hydrogens is 707 g/mol. The van der Waals surface area contributed by atoms with Crippen molar-refractivity contribution in [1.29, 1.82) is 0 Å². The van der Waals surface area contributed by atoms with E-state index in [4.69, 9.17) is 9.47 Å². The van der Waals surface area contributed by atoms with E-state index in [1.54, 1.807) is 24.6 Å². The Labute approximate surface area is 339 Å². The molecule has 2 rings (SSSR count). The zero-order chi connectivity index (χ0) is 41.9. The summed E-state index contributed by atoms with van der Waals surface area (Å²) in [6, 6.07) is 0.268. The van der Waals surface area contributed by atoms with E-state index in [0.29, 0.717) is 36.2 Å². The van der Waals surface area contributed by atoms with Crippen molar-refractivity contribution < 1.29 is 23.9 Å². The van der Waals surface area contributed by atoms with E-state index >= 15 is 0 Å². The molecule has 0 aromatic rings. The molecule has 0 bridgehead atoms. The second kappa shape index (κ2) is 28.6. The van der Waals surface area contributed by atoms with Gasteiger partial charge in [-0.3, -0.25) is 30.9 Å². The van der Waals surface area contributed by atoms with Crippen LogP contribution in [0.25, 0.3) is 0 Å². The molecule has 12 nitrogen and oxygen atoms in total. The lowest BCUT2D eigenvalue weighted by Gasteiger charge is -2.41. The summed E-state index contributed by atoms with van der Waals surface area (Å²) in [4.78, 5) is 36.4. The molecule has 1 aliphatic carbocycles. The first kappa shape index (κ1) is 50.3. The van der Waals surface area contributed by atoms with Crippen LogP contribution < -0.4 is 37.2 Å². The Morgan fingerprint density at radius 1 is 0.786 bits per heavy atom. The number of esters is 2. The number of unbranched alkanes of at least 4 members (excludes halogenated alkanes) is 2. The number of rotatable bonds is 24. The molecular formula is C44H77N7O5. The maximum atomic E-state index is 12.7. The van der Waals surface area contributed by atoms with E-state index < -0.39 is 0 Å². The summed E-state index contributed by atoms with van der Waals surface area (Å²) in [6.45, 7) is 29.9. The van der Waals surface area contributed by atoms with Gasteiger partial charge in [0.25, 0.3) is 5.91 Å². The maximum absolute atomic E-state index is 12.7. The third-order valence-electron chi connectivity index (χ3n) is 9.86. The van der Waals surface area contributed by atoms with Crippen LogP contribution in [0, 0.1) is 17.8 Å². The maximum Gasteiger partial charge on any atom is 0.338 e. The summed E-state index contributed by atoms with van der Waals surface area (Å²) in [5, 5.41) is 23.1. The van der Waals surface area contributed by atoms with Gasteiger partial charge in [-0.2, -0.15) is 0 Å². The molecule has 7 N–H and O–H groups in total. The summed E-state index contributed by atoms with van der Waals surface area (Å²) in [6.07, 6.45) is 21.5. The van der Waals surface area contributed by atoms with Crippen LogP contribution in [0.2, 0.25) is 0 Å². The predicted octanol–water partition coefficient (Wildman–Crippen LogP) is 6.88. The van der Waals surface area contributed by atoms with Gasteiger partial charge in [-0.05, 0) is 95.7 Å². The SMILES string of the molecule is C=CC(=C)C(=O)NC(C)(C)C.C=CNC1NC(N/C=C/C=C(\C=C)C(=O)OCC(CC)CCCC)NC(NC2CCC(C(=O)OCC(CC)CCCC)CC2)N1. The second-order valence-electron chi connectivity index (χ2n) is 15.7. The van der Waals surface area contributed by atoms with Gasteiger partial charge in [-0.1, -0.05) is 105 Å². The van der Waals surface area contributed by atoms with Crippen LogP contribution in [0.15, 0.2) is 74.2 Å². The van der Waals surface area contributed by atoms with Crippen molar-refractivity contribution in [3.8, 4) is 0 Å². The molecule has 0 aromatic carbocycles. The lowest BCUT2D eigenvalue weighted by Crippen LogP contribution is -2.77. The standard InChI is InChI=1S/C35H62N6O4.C9H15NO/c1-7-13-16-26(9-3)24-44-31(42)28(11-5)18-15-23-37-34-39-33(36-12-6)40-35(41-34)38-30-21-19-29(20-22-30)32(43)45-25-27(10-4)17-14-8-2;1-6-7(2)8(11)10-9(3,4)5/h11-12,15,18,23,26-27,29-30,33-41H,5-10,13-14,16-17,19-22,24-25H2,1-4H3;6H,1-2H2,3-5H3,(H,10,11)/b23-15+,28-18+;. The van der Waals surface area contributed by atoms with Crippen LogP contribution >= 0.6 is 0 Å².